The van der Waals surface area contributed by atoms with Crippen molar-refractivity contribution in [2.24, 2.45) is 11.8 Å². The normalized spacial score (nSPS) is 20.6. The summed E-state index contributed by atoms with van der Waals surface area (Å²) >= 11 is 0. The minimum Gasteiger partial charge on any atom is -0.465 e. The van der Waals surface area contributed by atoms with Gasteiger partial charge in [-0.25, -0.2) is 19.6 Å². The first kappa shape index (κ1) is 38.0. The SMILES string of the molecule is COC(=O)N[C@H](C(=O)N1CCC[C@H]1c1ncc(-c2ccc(-c3ccc(-c4nc([C@@H]5CCCN5C(=O)[C@@H](NC(=O)O)C5CC5)[nH]c4C(F)(F)F)cc3)cc2)[nH]1)C1CC1. The molecule has 4 aliphatic rings. The van der Waals surface area contributed by atoms with Gasteiger partial charge in [0.05, 0.1) is 31.1 Å². The molecule has 4 aromatic rings. The molecular formula is C40H43F3N8O6. The van der Waals surface area contributed by atoms with E-state index in [1.54, 1.807) is 35.4 Å². The van der Waals surface area contributed by atoms with Gasteiger partial charge in [0, 0.05) is 18.7 Å². The van der Waals surface area contributed by atoms with Gasteiger partial charge < -0.3 is 40.2 Å². The first-order valence-electron chi connectivity index (χ1n) is 19.3. The van der Waals surface area contributed by atoms with Crippen molar-refractivity contribution < 1.29 is 42.2 Å². The van der Waals surface area contributed by atoms with Gasteiger partial charge >= 0.3 is 18.4 Å². The van der Waals surface area contributed by atoms with E-state index in [9.17, 15) is 37.5 Å². The first-order chi connectivity index (χ1) is 27.4. The zero-order valence-corrected chi connectivity index (χ0v) is 31.1. The Morgan fingerprint density at radius 3 is 1.77 bits per heavy atom. The number of alkyl halides is 3. The summed E-state index contributed by atoms with van der Waals surface area (Å²) in [4.78, 5) is 68.5. The van der Waals surface area contributed by atoms with Crippen LogP contribution < -0.4 is 10.6 Å². The summed E-state index contributed by atoms with van der Waals surface area (Å²) in [7, 11) is 1.28. The second-order valence-corrected chi connectivity index (χ2v) is 15.3. The number of carboxylic acid groups (broad SMARTS) is 1. The Morgan fingerprint density at radius 2 is 1.26 bits per heavy atom. The summed E-state index contributed by atoms with van der Waals surface area (Å²) < 4.78 is 47.9. The van der Waals surface area contributed by atoms with Crippen LogP contribution in [0.4, 0.5) is 22.8 Å². The number of hydrogen-bond acceptors (Lipinski definition) is 7. The third kappa shape index (κ3) is 7.91. The predicted molar refractivity (Wildman–Crippen MR) is 199 cm³/mol. The van der Waals surface area contributed by atoms with Crippen LogP contribution in [0, 0.1) is 11.8 Å². The van der Waals surface area contributed by atoms with Gasteiger partial charge in [0.25, 0.3) is 0 Å². The minimum absolute atomic E-state index is 0.0138. The summed E-state index contributed by atoms with van der Waals surface area (Å²) in [6.07, 6.45) is 0.661. The van der Waals surface area contributed by atoms with Gasteiger partial charge in [0.1, 0.15) is 35.1 Å². The Morgan fingerprint density at radius 1 is 0.754 bits per heavy atom. The topological polar surface area (TPSA) is 186 Å². The first-order valence-corrected chi connectivity index (χ1v) is 19.3. The molecule has 0 unspecified atom stereocenters. The number of nitrogens with one attached hydrogen (secondary N) is 4. The number of halogens is 3. The average Bonchev–Trinajstić information content (AvgIpc) is 3.94. The van der Waals surface area contributed by atoms with Crippen LogP contribution in [-0.2, 0) is 20.5 Å². The van der Waals surface area contributed by atoms with Crippen molar-refractivity contribution in [2.75, 3.05) is 20.2 Å². The summed E-state index contributed by atoms with van der Waals surface area (Å²) in [5, 5.41) is 14.3. The number of likely N-dealkylation sites (tertiary alicyclic amines) is 2. The summed E-state index contributed by atoms with van der Waals surface area (Å²) in [6.45, 7) is 0.853. The molecule has 4 heterocycles. The summed E-state index contributed by atoms with van der Waals surface area (Å²) in [5.74, 6) is 0.0589. The molecule has 0 bridgehead atoms. The number of nitrogens with zero attached hydrogens (tertiary/aromatic N) is 4. The van der Waals surface area contributed by atoms with Gasteiger partial charge in [-0.3, -0.25) is 9.59 Å². The number of aromatic amines is 2. The number of ether oxygens (including phenoxy) is 1. The van der Waals surface area contributed by atoms with Gasteiger partial charge in [-0.1, -0.05) is 48.5 Å². The molecule has 2 aromatic heterocycles. The number of amides is 4. The number of H-pyrrole nitrogens is 2. The minimum atomic E-state index is -4.75. The Hall–Kier alpha value is -5.87. The molecule has 4 atom stereocenters. The molecule has 2 saturated carbocycles. The lowest BCUT2D eigenvalue weighted by atomic mass is 10.0. The van der Waals surface area contributed by atoms with Crippen molar-refractivity contribution in [3.05, 3.63) is 72.1 Å². The second kappa shape index (κ2) is 15.2. The third-order valence-corrected chi connectivity index (χ3v) is 11.4. The van der Waals surface area contributed by atoms with Crippen LogP contribution in [0.2, 0.25) is 0 Å². The Labute approximate surface area is 325 Å². The predicted octanol–water partition coefficient (Wildman–Crippen LogP) is 6.66. The number of rotatable bonds is 11. The maximum absolute atomic E-state index is 14.4. The molecule has 2 aliphatic heterocycles. The zero-order chi connectivity index (χ0) is 40.0. The van der Waals surface area contributed by atoms with Gasteiger partial charge in [-0.2, -0.15) is 13.2 Å². The van der Waals surface area contributed by atoms with Crippen molar-refractivity contribution in [1.29, 1.82) is 0 Å². The Bertz CT molecular complexity index is 2140. The molecule has 2 aromatic carbocycles. The van der Waals surface area contributed by atoms with E-state index in [1.807, 2.05) is 24.3 Å². The highest BCUT2D eigenvalue weighted by molar-refractivity contribution is 5.87. The number of methoxy groups -OCH3 is 1. The zero-order valence-electron chi connectivity index (χ0n) is 31.1. The quantitative estimate of drug-likeness (QED) is 0.112. The second-order valence-electron chi connectivity index (χ2n) is 15.3. The van der Waals surface area contributed by atoms with Gasteiger partial charge in [-0.15, -0.1) is 0 Å². The molecule has 2 saturated heterocycles. The van der Waals surface area contributed by atoms with E-state index in [-0.39, 0.29) is 40.9 Å². The van der Waals surface area contributed by atoms with E-state index >= 15 is 0 Å². The van der Waals surface area contributed by atoms with Crippen molar-refractivity contribution in [3.8, 4) is 33.6 Å². The number of hydrogen-bond donors (Lipinski definition) is 5. The van der Waals surface area contributed by atoms with Crippen LogP contribution in [0.25, 0.3) is 33.6 Å². The maximum atomic E-state index is 14.4. The molecule has 4 fully saturated rings. The third-order valence-electron chi connectivity index (χ3n) is 11.4. The molecule has 2 aliphatic carbocycles. The van der Waals surface area contributed by atoms with Crippen LogP contribution in [0.5, 0.6) is 0 Å². The highest BCUT2D eigenvalue weighted by atomic mass is 19.4. The van der Waals surface area contributed by atoms with Crippen LogP contribution in [0.3, 0.4) is 0 Å². The van der Waals surface area contributed by atoms with Crippen LogP contribution >= 0.6 is 0 Å². The lowest BCUT2D eigenvalue weighted by Crippen LogP contribution is -2.49. The smallest absolute Gasteiger partial charge is 0.433 e. The Balaban J connectivity index is 0.969. The molecule has 8 rings (SSSR count). The van der Waals surface area contributed by atoms with Crippen molar-refractivity contribution in [1.82, 2.24) is 40.4 Å². The monoisotopic (exact) mass is 788 g/mol. The van der Waals surface area contributed by atoms with Crippen LogP contribution in [0.15, 0.2) is 54.7 Å². The van der Waals surface area contributed by atoms with E-state index in [2.05, 4.69) is 30.6 Å². The van der Waals surface area contributed by atoms with E-state index < -0.39 is 48.1 Å². The number of imidazole rings is 2. The number of carbonyl (C=O) groups excluding carboxylic acids is 3. The molecule has 57 heavy (non-hydrogen) atoms. The van der Waals surface area contributed by atoms with E-state index in [1.165, 1.54) is 12.0 Å². The van der Waals surface area contributed by atoms with E-state index in [0.717, 1.165) is 48.1 Å². The number of benzene rings is 2. The van der Waals surface area contributed by atoms with Crippen molar-refractivity contribution in [3.63, 3.8) is 0 Å². The van der Waals surface area contributed by atoms with Crippen molar-refractivity contribution in [2.45, 2.75) is 81.7 Å². The lowest BCUT2D eigenvalue weighted by molar-refractivity contribution is -0.140. The summed E-state index contributed by atoms with van der Waals surface area (Å²) in [6, 6.07) is 11.7. The molecular weight excluding hydrogens is 745 g/mol. The largest absolute Gasteiger partial charge is 0.465 e. The van der Waals surface area contributed by atoms with E-state index in [0.29, 0.717) is 44.6 Å². The molecule has 17 heteroatoms. The molecule has 5 N–H and O–H groups in total. The maximum Gasteiger partial charge on any atom is 0.433 e. The fourth-order valence-corrected chi connectivity index (χ4v) is 8.21. The molecule has 0 spiro atoms. The van der Waals surface area contributed by atoms with Gasteiger partial charge in [0.2, 0.25) is 11.8 Å². The molecule has 300 valence electrons. The number of carbonyl (C=O) groups is 4. The Kier molecular flexibility index (Phi) is 10.2. The average molecular weight is 789 g/mol. The fraction of sp³-hybridized carbons (Fsp3) is 0.450. The molecule has 0 radical (unpaired) electrons. The van der Waals surface area contributed by atoms with Crippen LogP contribution in [-0.4, -0.2) is 91.1 Å². The van der Waals surface area contributed by atoms with Gasteiger partial charge in [-0.05, 0) is 79.9 Å². The van der Waals surface area contributed by atoms with Gasteiger partial charge in [0.15, 0.2) is 0 Å². The molecule has 4 amide bonds. The number of alkyl carbamates (subject to hydrolysis) is 1. The van der Waals surface area contributed by atoms with Crippen molar-refractivity contribution >= 4 is 24.0 Å². The van der Waals surface area contributed by atoms with Crippen LogP contribution in [0.1, 0.15) is 80.8 Å². The lowest BCUT2D eigenvalue weighted by Gasteiger charge is -2.28. The number of aromatic nitrogens is 4. The van der Waals surface area contributed by atoms with E-state index in [4.69, 9.17) is 4.74 Å². The summed E-state index contributed by atoms with van der Waals surface area (Å²) in [5.41, 5.74) is 2.18. The molecule has 14 nitrogen and oxygen atoms in total. The highest BCUT2D eigenvalue weighted by Crippen LogP contribution is 2.42. The standard InChI is InChI=1S/C40H43F3N8O6/c1-57-39(56)48-32(26-16-17-26)37(53)50-18-2-4-28(50)34-44-20-27(45-34)23-10-6-21(7-11-23)22-8-12-24(13-9-22)30-33(40(41,42)43)49-35(46-30)29-5-3-19-51(29)36(52)31(25-14-15-25)47-38(54)55/h6-13,20,25-26,28-29,31-32,47H,2-5,14-19H2,1H3,(H,44,45)(H,46,49)(H,48,56)(H,54,55)/t28-,29-,31-,32-/m0/s1. The fourth-order valence-electron chi connectivity index (χ4n) is 8.21. The highest BCUT2D eigenvalue weighted by Gasteiger charge is 2.46.